The molecular formula is C10H15N5O9P2. The molecule has 6 atom stereocenters. The van der Waals surface area contributed by atoms with Crippen LogP contribution >= 0.6 is 16.5 Å². The van der Waals surface area contributed by atoms with E-state index in [1.54, 1.807) is 0 Å². The molecule has 0 radical (unpaired) electrons. The lowest BCUT2D eigenvalue weighted by Crippen LogP contribution is -2.34. The Bertz CT molecular complexity index is 916. The highest BCUT2D eigenvalue weighted by atomic mass is 31.1. The SMILES string of the molecule is Nc1nc2c(ncn2[C@@H]2O[C@H](CO[PH](=O)O)[C@@H](O[PH](=O)O)[C@H]2O)c(=O)[nH]1. The van der Waals surface area contributed by atoms with Crippen molar-refractivity contribution in [3.8, 4) is 0 Å². The van der Waals surface area contributed by atoms with E-state index in [2.05, 4.69) is 19.5 Å². The highest BCUT2D eigenvalue weighted by molar-refractivity contribution is 7.32. The maximum Gasteiger partial charge on any atom is 0.317 e. The number of rotatable bonds is 6. The summed E-state index contributed by atoms with van der Waals surface area (Å²) >= 11 is 0. The summed E-state index contributed by atoms with van der Waals surface area (Å²) in [5.74, 6) is -0.191. The van der Waals surface area contributed by atoms with Crippen LogP contribution in [0.15, 0.2) is 11.1 Å². The van der Waals surface area contributed by atoms with Gasteiger partial charge in [-0.1, -0.05) is 0 Å². The minimum absolute atomic E-state index is 0.00278. The molecule has 0 amide bonds. The van der Waals surface area contributed by atoms with E-state index in [9.17, 15) is 19.0 Å². The van der Waals surface area contributed by atoms with Crippen LogP contribution in [-0.2, 0) is 22.9 Å². The van der Waals surface area contributed by atoms with Gasteiger partial charge < -0.3 is 34.4 Å². The minimum Gasteiger partial charge on any atom is -0.386 e. The number of anilines is 1. The number of nitrogens with two attached hydrogens (primary N) is 1. The second-order valence-electron chi connectivity index (χ2n) is 5.26. The molecule has 0 saturated carbocycles. The molecule has 0 aromatic carbocycles. The Balaban J connectivity index is 1.96. The Labute approximate surface area is 145 Å². The van der Waals surface area contributed by atoms with Crippen molar-refractivity contribution in [2.45, 2.75) is 24.5 Å². The normalized spacial score (nSPS) is 28.4. The van der Waals surface area contributed by atoms with E-state index in [4.69, 9.17) is 24.8 Å². The number of H-pyrrole nitrogens is 1. The van der Waals surface area contributed by atoms with Gasteiger partial charge >= 0.3 is 16.5 Å². The average Bonchev–Trinajstić information content (AvgIpc) is 3.08. The van der Waals surface area contributed by atoms with Crippen LogP contribution in [0.4, 0.5) is 5.95 Å². The maximum atomic E-state index is 11.8. The monoisotopic (exact) mass is 411 g/mol. The maximum absolute atomic E-state index is 11.8. The molecule has 2 aromatic heterocycles. The Kier molecular flexibility index (Phi) is 5.55. The summed E-state index contributed by atoms with van der Waals surface area (Å²) < 4.78 is 37.9. The van der Waals surface area contributed by atoms with Crippen LogP contribution in [0.1, 0.15) is 6.23 Å². The second kappa shape index (κ2) is 7.55. The first-order valence-electron chi connectivity index (χ1n) is 7.09. The molecule has 1 saturated heterocycles. The highest BCUT2D eigenvalue weighted by Gasteiger charge is 2.47. The second-order valence-corrected chi connectivity index (χ2v) is 6.84. The Morgan fingerprint density at radius 1 is 1.38 bits per heavy atom. The molecule has 3 rings (SSSR count). The molecule has 26 heavy (non-hydrogen) atoms. The summed E-state index contributed by atoms with van der Waals surface area (Å²) in [7, 11) is -6.76. The first-order valence-corrected chi connectivity index (χ1v) is 9.62. The smallest absolute Gasteiger partial charge is 0.317 e. The van der Waals surface area contributed by atoms with Gasteiger partial charge in [-0.25, -0.2) is 4.98 Å². The number of hydrogen-bond acceptors (Lipinski definition) is 10. The van der Waals surface area contributed by atoms with Crippen LogP contribution in [0.2, 0.25) is 0 Å². The van der Waals surface area contributed by atoms with Crippen LogP contribution in [0, 0.1) is 0 Å². The molecule has 144 valence electrons. The van der Waals surface area contributed by atoms with E-state index < -0.39 is 53.2 Å². The van der Waals surface area contributed by atoms with Gasteiger partial charge in [0, 0.05) is 0 Å². The third kappa shape index (κ3) is 3.72. The first-order chi connectivity index (χ1) is 12.3. The van der Waals surface area contributed by atoms with Crippen LogP contribution < -0.4 is 11.3 Å². The summed E-state index contributed by atoms with van der Waals surface area (Å²) in [6.45, 7) is -0.482. The molecule has 14 nitrogen and oxygen atoms in total. The molecule has 0 aliphatic carbocycles. The topological polar surface area (TPSA) is 212 Å². The molecular weight excluding hydrogens is 396 g/mol. The van der Waals surface area contributed by atoms with Crippen LogP contribution in [0.5, 0.6) is 0 Å². The van der Waals surface area contributed by atoms with E-state index in [0.29, 0.717) is 0 Å². The molecule has 1 fully saturated rings. The van der Waals surface area contributed by atoms with Crippen molar-refractivity contribution in [1.82, 2.24) is 19.5 Å². The van der Waals surface area contributed by atoms with E-state index in [1.807, 2.05) is 0 Å². The van der Waals surface area contributed by atoms with Gasteiger partial charge in [0.2, 0.25) is 5.95 Å². The predicted octanol–water partition coefficient (Wildman–Crippen LogP) is -1.87. The number of nitrogen functional groups attached to an aromatic ring is 1. The molecule has 0 bridgehead atoms. The van der Waals surface area contributed by atoms with Gasteiger partial charge in [0.25, 0.3) is 5.56 Å². The van der Waals surface area contributed by atoms with E-state index in [0.717, 1.165) is 6.33 Å². The molecule has 3 heterocycles. The fourth-order valence-electron chi connectivity index (χ4n) is 2.63. The fraction of sp³-hybridized carbons (Fsp3) is 0.500. The van der Waals surface area contributed by atoms with Crippen molar-refractivity contribution in [1.29, 1.82) is 0 Å². The Hall–Kier alpha value is -1.63. The van der Waals surface area contributed by atoms with Crippen LogP contribution in [-0.4, -0.2) is 59.3 Å². The molecule has 16 heteroatoms. The summed E-state index contributed by atoms with van der Waals surface area (Å²) in [6, 6.07) is 0. The third-order valence-corrected chi connectivity index (χ3v) is 4.53. The lowest BCUT2D eigenvalue weighted by molar-refractivity contribution is -0.0471. The zero-order valence-corrected chi connectivity index (χ0v) is 14.8. The molecule has 1 aliphatic heterocycles. The number of ether oxygens (including phenoxy) is 1. The first kappa shape index (κ1) is 19.1. The van der Waals surface area contributed by atoms with Crippen LogP contribution in [0.25, 0.3) is 11.2 Å². The van der Waals surface area contributed by atoms with Gasteiger partial charge in [-0.05, 0) is 0 Å². The zero-order valence-electron chi connectivity index (χ0n) is 12.8. The number of fused-ring (bicyclic) bond motifs is 1. The van der Waals surface area contributed by atoms with Gasteiger partial charge in [-0.3, -0.25) is 23.5 Å². The molecule has 2 unspecified atom stereocenters. The van der Waals surface area contributed by atoms with Crippen molar-refractivity contribution in [3.05, 3.63) is 16.7 Å². The summed E-state index contributed by atoms with van der Waals surface area (Å²) in [4.78, 5) is 39.7. The van der Waals surface area contributed by atoms with Gasteiger partial charge in [-0.2, -0.15) is 4.98 Å². The van der Waals surface area contributed by atoms with Crippen molar-refractivity contribution < 1.29 is 37.8 Å². The van der Waals surface area contributed by atoms with E-state index in [1.165, 1.54) is 4.57 Å². The highest BCUT2D eigenvalue weighted by Crippen LogP contribution is 2.37. The number of aliphatic hydroxyl groups is 1. The van der Waals surface area contributed by atoms with E-state index in [-0.39, 0.29) is 17.1 Å². The van der Waals surface area contributed by atoms with Gasteiger partial charge in [0.05, 0.1) is 12.9 Å². The van der Waals surface area contributed by atoms with Crippen LogP contribution in [0.3, 0.4) is 0 Å². The number of nitrogens with zero attached hydrogens (tertiary/aromatic N) is 3. The van der Waals surface area contributed by atoms with Crippen molar-refractivity contribution >= 4 is 33.6 Å². The lowest BCUT2D eigenvalue weighted by atomic mass is 10.1. The van der Waals surface area contributed by atoms with Gasteiger partial charge in [0.1, 0.15) is 18.3 Å². The molecule has 6 N–H and O–H groups in total. The number of aliphatic hydroxyl groups excluding tert-OH is 1. The van der Waals surface area contributed by atoms with Gasteiger partial charge in [0.15, 0.2) is 17.4 Å². The number of aromatic nitrogens is 4. The van der Waals surface area contributed by atoms with Crippen molar-refractivity contribution in [3.63, 3.8) is 0 Å². The average molecular weight is 411 g/mol. The lowest BCUT2D eigenvalue weighted by Gasteiger charge is -2.18. The van der Waals surface area contributed by atoms with Gasteiger partial charge in [-0.15, -0.1) is 0 Å². The molecule has 1 aliphatic rings. The van der Waals surface area contributed by atoms with Crippen molar-refractivity contribution in [2.75, 3.05) is 12.3 Å². The summed E-state index contributed by atoms with van der Waals surface area (Å²) in [5, 5.41) is 10.4. The van der Waals surface area contributed by atoms with E-state index >= 15 is 0 Å². The predicted molar refractivity (Wildman–Crippen MR) is 85.7 cm³/mol. The number of nitrogens with one attached hydrogen (secondary N) is 1. The van der Waals surface area contributed by atoms with Crippen molar-refractivity contribution in [2.24, 2.45) is 0 Å². The summed E-state index contributed by atoms with van der Waals surface area (Å²) in [6.07, 6.45) is -4.04. The quantitative estimate of drug-likeness (QED) is 0.331. The number of aromatic amines is 1. The molecule has 0 spiro atoms. The Morgan fingerprint density at radius 3 is 2.77 bits per heavy atom. The number of hydrogen-bond donors (Lipinski definition) is 5. The summed E-state index contributed by atoms with van der Waals surface area (Å²) in [5.41, 5.74) is 4.83. The largest absolute Gasteiger partial charge is 0.386 e. The molecule has 2 aromatic rings. The number of imidazole rings is 1. The zero-order chi connectivity index (χ0) is 19.0. The fourth-order valence-corrected chi connectivity index (χ4v) is 3.46. The Morgan fingerprint density at radius 2 is 2.12 bits per heavy atom. The minimum atomic E-state index is -3.46. The standard InChI is InChI=1S/C10H15N5O9P2/c11-10-13-7-4(8(17)14-10)12-2-15(7)9-5(16)6(24-26(20)21)3(23-9)1-22-25(18)19/h2-3,5-6,9,16,25-26H,1H2,(H,18,19)(H,20,21)(H3,11,13,14,17)/t3-,5-,6-,9-/m1/s1. The third-order valence-electron chi connectivity index (χ3n) is 3.64.